The minimum atomic E-state index is -3.45. The molecule has 0 aliphatic carbocycles. The second kappa shape index (κ2) is 5.72. The van der Waals surface area contributed by atoms with E-state index in [0.29, 0.717) is 9.88 Å². The maximum atomic E-state index is 12.2. The maximum Gasteiger partial charge on any atom is 0.349 e. The monoisotopic (exact) mass is 311 g/mol. The fraction of sp³-hybridized carbons (Fsp3) is 0.231. The zero-order valence-corrected chi connectivity index (χ0v) is 12.6. The highest BCUT2D eigenvalue weighted by Gasteiger charge is 2.19. The lowest BCUT2D eigenvalue weighted by Gasteiger charge is -2.02. The van der Waals surface area contributed by atoms with Crippen LogP contribution in [0.3, 0.4) is 0 Å². The van der Waals surface area contributed by atoms with Crippen molar-refractivity contribution < 1.29 is 17.9 Å². The molecule has 0 radical (unpaired) electrons. The van der Waals surface area contributed by atoms with Crippen molar-refractivity contribution in [1.82, 2.24) is 4.98 Å². The van der Waals surface area contributed by atoms with Gasteiger partial charge in [-0.1, -0.05) is 17.7 Å². The van der Waals surface area contributed by atoms with Gasteiger partial charge in [-0.25, -0.2) is 18.2 Å². The van der Waals surface area contributed by atoms with Crippen LogP contribution in [0.5, 0.6) is 0 Å². The van der Waals surface area contributed by atoms with Gasteiger partial charge in [0.05, 0.1) is 18.2 Å². The van der Waals surface area contributed by atoms with Crippen molar-refractivity contribution in [3.8, 4) is 0 Å². The molecule has 20 heavy (non-hydrogen) atoms. The fourth-order valence-corrected chi connectivity index (χ4v) is 4.01. The number of aryl methyl sites for hydroxylation is 1. The lowest BCUT2D eigenvalue weighted by molar-refractivity contribution is 0.0606. The molecule has 0 unspecified atom stereocenters. The molecule has 0 atom stereocenters. The van der Waals surface area contributed by atoms with E-state index in [0.717, 1.165) is 16.9 Å². The van der Waals surface area contributed by atoms with Crippen molar-refractivity contribution in [2.75, 3.05) is 7.11 Å². The number of nitrogens with zero attached hydrogens (tertiary/aromatic N) is 1. The third kappa shape index (κ3) is 3.23. The predicted molar refractivity (Wildman–Crippen MR) is 75.5 cm³/mol. The smallest absolute Gasteiger partial charge is 0.349 e. The van der Waals surface area contributed by atoms with Crippen LogP contribution in [0.4, 0.5) is 0 Å². The number of hydrogen-bond donors (Lipinski definition) is 0. The van der Waals surface area contributed by atoms with E-state index in [1.807, 2.05) is 6.92 Å². The Morgan fingerprint density at radius 3 is 2.55 bits per heavy atom. The van der Waals surface area contributed by atoms with Crippen LogP contribution in [-0.4, -0.2) is 26.5 Å². The van der Waals surface area contributed by atoms with Crippen molar-refractivity contribution >= 4 is 27.1 Å². The summed E-state index contributed by atoms with van der Waals surface area (Å²) in [5, 5.41) is 0.367. The van der Waals surface area contributed by atoms with E-state index in [2.05, 4.69) is 9.72 Å². The number of ether oxygens (including phenoxy) is 1. The normalized spacial score (nSPS) is 11.3. The number of thiazole rings is 1. The summed E-state index contributed by atoms with van der Waals surface area (Å²) in [6, 6.07) is 6.63. The standard InChI is InChI=1S/C13H13NO4S2/c1-9-3-5-10(6-4-9)20(16,17)8-12-14-7-11(19-12)13(15)18-2/h3-7H,8H2,1-2H3. The van der Waals surface area contributed by atoms with Gasteiger partial charge < -0.3 is 4.74 Å². The third-order valence-corrected chi connectivity index (χ3v) is 5.44. The lowest BCUT2D eigenvalue weighted by atomic mass is 10.2. The molecule has 0 N–H and O–H groups in total. The van der Waals surface area contributed by atoms with Gasteiger partial charge in [-0.15, -0.1) is 11.3 Å². The Balaban J connectivity index is 2.22. The van der Waals surface area contributed by atoms with E-state index in [4.69, 9.17) is 0 Å². The van der Waals surface area contributed by atoms with Gasteiger partial charge >= 0.3 is 5.97 Å². The molecular formula is C13H13NO4S2. The van der Waals surface area contributed by atoms with E-state index in [9.17, 15) is 13.2 Å². The SMILES string of the molecule is COC(=O)c1cnc(CS(=O)(=O)c2ccc(C)cc2)s1. The first-order valence-corrected chi connectivity index (χ1v) is 8.22. The minimum absolute atomic E-state index is 0.224. The largest absolute Gasteiger partial charge is 0.465 e. The van der Waals surface area contributed by atoms with E-state index in [1.165, 1.54) is 13.3 Å². The van der Waals surface area contributed by atoms with Crippen molar-refractivity contribution in [2.24, 2.45) is 0 Å². The molecule has 0 saturated carbocycles. The average molecular weight is 311 g/mol. The summed E-state index contributed by atoms with van der Waals surface area (Å²) in [4.78, 5) is 15.8. The summed E-state index contributed by atoms with van der Waals surface area (Å²) < 4.78 is 29.0. The Bertz CT molecular complexity index is 717. The molecular weight excluding hydrogens is 298 g/mol. The zero-order valence-electron chi connectivity index (χ0n) is 11.0. The third-order valence-electron chi connectivity index (χ3n) is 2.63. The first-order valence-electron chi connectivity index (χ1n) is 5.75. The van der Waals surface area contributed by atoms with E-state index in [1.54, 1.807) is 24.3 Å². The summed E-state index contributed by atoms with van der Waals surface area (Å²) in [5.74, 6) is -0.737. The van der Waals surface area contributed by atoms with Crippen molar-refractivity contribution in [3.63, 3.8) is 0 Å². The van der Waals surface area contributed by atoms with Crippen LogP contribution in [0.25, 0.3) is 0 Å². The number of aromatic nitrogens is 1. The first kappa shape index (κ1) is 14.7. The van der Waals surface area contributed by atoms with E-state index < -0.39 is 15.8 Å². The van der Waals surface area contributed by atoms with Crippen LogP contribution in [0.15, 0.2) is 35.4 Å². The van der Waals surface area contributed by atoms with Gasteiger partial charge in [0, 0.05) is 0 Å². The number of methoxy groups -OCH3 is 1. The summed E-state index contributed by atoms with van der Waals surface area (Å²) >= 11 is 1.03. The molecule has 0 fully saturated rings. The topological polar surface area (TPSA) is 73.3 Å². The number of carbonyl (C=O) groups is 1. The molecule has 5 nitrogen and oxygen atoms in total. The molecule has 0 saturated heterocycles. The number of esters is 1. The molecule has 0 amide bonds. The van der Waals surface area contributed by atoms with Crippen molar-refractivity contribution in [2.45, 2.75) is 17.6 Å². The quantitative estimate of drug-likeness (QED) is 0.809. The maximum absolute atomic E-state index is 12.2. The van der Waals surface area contributed by atoms with Crippen molar-refractivity contribution in [1.29, 1.82) is 0 Å². The number of benzene rings is 1. The Hall–Kier alpha value is -1.73. The fourth-order valence-electron chi connectivity index (χ4n) is 1.56. The molecule has 1 aromatic carbocycles. The Morgan fingerprint density at radius 2 is 1.95 bits per heavy atom. The van der Waals surface area contributed by atoms with Crippen LogP contribution < -0.4 is 0 Å². The summed E-state index contributed by atoms with van der Waals surface area (Å²) in [6.07, 6.45) is 1.33. The summed E-state index contributed by atoms with van der Waals surface area (Å²) in [5.41, 5.74) is 0.992. The Kier molecular flexibility index (Phi) is 4.20. The molecule has 0 aliphatic heterocycles. The van der Waals surface area contributed by atoms with Gasteiger partial charge in [-0.2, -0.15) is 0 Å². The molecule has 0 spiro atoms. The van der Waals surface area contributed by atoms with Gasteiger partial charge in [0.15, 0.2) is 9.84 Å². The van der Waals surface area contributed by atoms with Crippen LogP contribution in [-0.2, 0) is 20.3 Å². The molecule has 106 valence electrons. The van der Waals surface area contributed by atoms with E-state index >= 15 is 0 Å². The van der Waals surface area contributed by atoms with Crippen molar-refractivity contribution in [3.05, 3.63) is 45.9 Å². The summed E-state index contributed by atoms with van der Waals surface area (Å²) in [7, 11) is -2.18. The molecule has 1 aromatic heterocycles. The average Bonchev–Trinajstić information content (AvgIpc) is 2.86. The van der Waals surface area contributed by atoms with Crippen LogP contribution in [0.2, 0.25) is 0 Å². The number of hydrogen-bond acceptors (Lipinski definition) is 6. The van der Waals surface area contributed by atoms with Gasteiger partial charge in [-0.05, 0) is 19.1 Å². The number of sulfone groups is 1. The van der Waals surface area contributed by atoms with Crippen LogP contribution in [0.1, 0.15) is 20.2 Å². The highest BCUT2D eigenvalue weighted by Crippen LogP contribution is 2.21. The molecule has 0 aliphatic rings. The Labute approximate surface area is 121 Å². The second-order valence-corrected chi connectivity index (χ2v) is 7.29. The minimum Gasteiger partial charge on any atom is -0.465 e. The molecule has 2 aromatic rings. The number of rotatable bonds is 4. The number of carbonyl (C=O) groups excluding carboxylic acids is 1. The predicted octanol–water partition coefficient (Wildman–Crippen LogP) is 2.21. The van der Waals surface area contributed by atoms with Crippen LogP contribution >= 0.6 is 11.3 Å². The lowest BCUT2D eigenvalue weighted by Crippen LogP contribution is -2.04. The second-order valence-electron chi connectivity index (χ2n) is 4.18. The Morgan fingerprint density at radius 1 is 1.30 bits per heavy atom. The zero-order chi connectivity index (χ0) is 14.8. The van der Waals surface area contributed by atoms with Gasteiger partial charge in [0.2, 0.25) is 0 Å². The molecule has 2 rings (SSSR count). The molecule has 0 bridgehead atoms. The van der Waals surface area contributed by atoms with E-state index in [-0.39, 0.29) is 10.6 Å². The summed E-state index contributed by atoms with van der Waals surface area (Å²) in [6.45, 7) is 1.89. The molecule has 1 heterocycles. The molecule has 7 heteroatoms. The van der Waals surface area contributed by atoms with Crippen LogP contribution in [0, 0.1) is 6.92 Å². The first-order chi connectivity index (χ1) is 9.42. The highest BCUT2D eigenvalue weighted by atomic mass is 32.2. The highest BCUT2D eigenvalue weighted by molar-refractivity contribution is 7.90. The van der Waals surface area contributed by atoms with Gasteiger partial charge in [0.1, 0.15) is 15.6 Å². The van der Waals surface area contributed by atoms with Gasteiger partial charge in [0.25, 0.3) is 0 Å². The van der Waals surface area contributed by atoms with Gasteiger partial charge in [-0.3, -0.25) is 0 Å².